The molecule has 5 aromatic rings. The van der Waals surface area contributed by atoms with E-state index in [1.165, 1.54) is 38.9 Å². The van der Waals surface area contributed by atoms with Gasteiger partial charge in [0.1, 0.15) is 17.5 Å². The van der Waals surface area contributed by atoms with Crippen LogP contribution in [0.2, 0.25) is 0 Å². The number of halogens is 2. The lowest BCUT2D eigenvalue weighted by Gasteiger charge is -2.29. The summed E-state index contributed by atoms with van der Waals surface area (Å²) in [6.45, 7) is 4.72. The zero-order valence-corrected chi connectivity index (χ0v) is 24.7. The molecule has 0 bridgehead atoms. The van der Waals surface area contributed by atoms with Gasteiger partial charge in [-0.25, -0.2) is 23.7 Å². The van der Waals surface area contributed by atoms with Crippen LogP contribution in [-0.4, -0.2) is 65.8 Å². The summed E-state index contributed by atoms with van der Waals surface area (Å²) in [5, 5.41) is 6.19. The van der Waals surface area contributed by atoms with Crippen LogP contribution in [0.3, 0.4) is 0 Å². The Morgan fingerprint density at radius 1 is 0.978 bits per heavy atom. The van der Waals surface area contributed by atoms with Crippen molar-refractivity contribution >= 4 is 39.3 Å². The number of piperazine rings is 1. The Morgan fingerprint density at radius 2 is 1.73 bits per heavy atom. The molecule has 1 fully saturated rings. The summed E-state index contributed by atoms with van der Waals surface area (Å²) in [7, 11) is 2.98. The molecule has 0 unspecified atom stereocenters. The predicted octanol–water partition coefficient (Wildman–Crippen LogP) is 4.11. The van der Waals surface area contributed by atoms with Gasteiger partial charge in [-0.05, 0) is 31.2 Å². The second-order valence-corrected chi connectivity index (χ2v) is 10.2. The molecule has 14 heteroatoms. The summed E-state index contributed by atoms with van der Waals surface area (Å²) in [5.41, 5.74) is -0.0867. The van der Waals surface area contributed by atoms with Crippen LogP contribution in [0.4, 0.5) is 20.3 Å². The third kappa shape index (κ3) is 5.67. The summed E-state index contributed by atoms with van der Waals surface area (Å²) in [6, 6.07) is 8.19. The van der Waals surface area contributed by atoms with E-state index in [0.29, 0.717) is 55.1 Å². The number of anilines is 2. The predicted molar refractivity (Wildman–Crippen MR) is 164 cm³/mol. The van der Waals surface area contributed by atoms with Crippen LogP contribution in [0.1, 0.15) is 17.3 Å². The van der Waals surface area contributed by atoms with Crippen molar-refractivity contribution in [2.75, 3.05) is 50.6 Å². The number of nitrogens with one attached hydrogen (secondary N) is 2. The monoisotopic (exact) mass is 617 g/mol. The van der Waals surface area contributed by atoms with Gasteiger partial charge in [-0.1, -0.05) is 0 Å². The molecule has 0 saturated carbocycles. The van der Waals surface area contributed by atoms with Gasteiger partial charge in [0.25, 0.3) is 5.91 Å². The summed E-state index contributed by atoms with van der Waals surface area (Å²) >= 11 is 0. The molecule has 1 aliphatic rings. The van der Waals surface area contributed by atoms with Crippen LogP contribution in [0.25, 0.3) is 21.9 Å². The van der Waals surface area contributed by atoms with Gasteiger partial charge in [-0.3, -0.25) is 9.59 Å². The van der Waals surface area contributed by atoms with E-state index in [1.807, 2.05) is 11.8 Å². The van der Waals surface area contributed by atoms with Crippen LogP contribution in [0.5, 0.6) is 23.1 Å². The van der Waals surface area contributed by atoms with Crippen molar-refractivity contribution in [2.45, 2.75) is 13.5 Å². The van der Waals surface area contributed by atoms with Crippen molar-refractivity contribution in [1.82, 2.24) is 24.8 Å². The summed E-state index contributed by atoms with van der Waals surface area (Å²) < 4.78 is 48.4. The molecule has 4 heterocycles. The zero-order valence-electron chi connectivity index (χ0n) is 24.7. The van der Waals surface area contributed by atoms with E-state index in [-0.39, 0.29) is 39.7 Å². The van der Waals surface area contributed by atoms with Crippen molar-refractivity contribution in [2.24, 2.45) is 0 Å². The van der Waals surface area contributed by atoms with Gasteiger partial charge < -0.3 is 34.3 Å². The lowest BCUT2D eigenvalue weighted by Crippen LogP contribution is -2.44. The van der Waals surface area contributed by atoms with E-state index >= 15 is 8.78 Å². The second-order valence-electron chi connectivity index (χ2n) is 10.2. The van der Waals surface area contributed by atoms with E-state index in [0.717, 1.165) is 12.1 Å². The van der Waals surface area contributed by atoms with Crippen LogP contribution < -0.4 is 35.2 Å². The van der Waals surface area contributed by atoms with E-state index in [2.05, 4.69) is 25.6 Å². The molecule has 2 aromatic carbocycles. The quantitative estimate of drug-likeness (QED) is 0.262. The minimum Gasteiger partial charge on any atom is -0.493 e. The van der Waals surface area contributed by atoms with Crippen LogP contribution in [0, 0.1) is 11.6 Å². The lowest BCUT2D eigenvalue weighted by molar-refractivity contribution is 0.102. The number of hydrogen-bond donors (Lipinski definition) is 2. The number of nitrogens with zero attached hydrogens (tertiary/aromatic N) is 5. The highest BCUT2D eigenvalue weighted by molar-refractivity contribution is 6.05. The fourth-order valence-corrected chi connectivity index (χ4v) is 5.18. The smallest absolute Gasteiger partial charge is 0.261 e. The van der Waals surface area contributed by atoms with Crippen molar-refractivity contribution in [3.8, 4) is 23.1 Å². The molecule has 6 rings (SSSR count). The van der Waals surface area contributed by atoms with Crippen molar-refractivity contribution in [1.29, 1.82) is 0 Å². The maximum absolute atomic E-state index is 15.2. The summed E-state index contributed by atoms with van der Waals surface area (Å²) in [6.07, 6.45) is 2.65. The Morgan fingerprint density at radius 3 is 2.44 bits per heavy atom. The number of aromatic nitrogens is 4. The van der Waals surface area contributed by atoms with Gasteiger partial charge in [0.05, 0.1) is 30.5 Å². The number of ether oxygens (including phenoxy) is 3. The molecule has 1 aliphatic heterocycles. The Kier molecular flexibility index (Phi) is 8.13. The summed E-state index contributed by atoms with van der Waals surface area (Å²) in [5.74, 6) is -1.28. The number of amides is 1. The van der Waals surface area contributed by atoms with Crippen LogP contribution >= 0.6 is 0 Å². The number of aryl methyl sites for hydroxylation is 1. The topological polar surface area (TPSA) is 133 Å². The highest BCUT2D eigenvalue weighted by Crippen LogP contribution is 2.36. The Hall–Kier alpha value is -5.37. The first-order valence-electron chi connectivity index (χ1n) is 14.2. The average molecular weight is 618 g/mol. The number of benzene rings is 2. The molecule has 1 amide bonds. The molecule has 3 aromatic heterocycles. The minimum atomic E-state index is -0.795. The molecule has 0 atom stereocenters. The number of carbonyl (C=O) groups is 1. The number of carbonyl (C=O) groups excluding carboxylic acids is 1. The molecule has 232 valence electrons. The third-order valence-corrected chi connectivity index (χ3v) is 7.49. The SMILES string of the molecule is CCn1cc(C(=O)Nc2ccc(Oc3ncnc4cc(OC)c(OC)cc34)c(F)c2)c(=O)c2cc(F)c(N3CCNCC3)nc21. The number of fused-ring (bicyclic) bond motifs is 2. The first kappa shape index (κ1) is 29.7. The van der Waals surface area contributed by atoms with Gasteiger partial charge in [-0.2, -0.15) is 0 Å². The first-order valence-corrected chi connectivity index (χ1v) is 14.2. The summed E-state index contributed by atoms with van der Waals surface area (Å²) in [4.78, 5) is 41.2. The van der Waals surface area contributed by atoms with Gasteiger partial charge in [0.2, 0.25) is 11.3 Å². The molecule has 0 spiro atoms. The zero-order chi connectivity index (χ0) is 31.7. The number of methoxy groups -OCH3 is 2. The van der Waals surface area contributed by atoms with Crippen LogP contribution in [0.15, 0.2) is 53.7 Å². The van der Waals surface area contributed by atoms with Crippen molar-refractivity contribution < 1.29 is 27.8 Å². The van der Waals surface area contributed by atoms with Gasteiger partial charge in [-0.15, -0.1) is 0 Å². The van der Waals surface area contributed by atoms with Crippen LogP contribution in [-0.2, 0) is 6.54 Å². The van der Waals surface area contributed by atoms with Gasteiger partial charge in [0, 0.05) is 56.7 Å². The Labute approximate surface area is 255 Å². The molecule has 12 nitrogen and oxygen atoms in total. The average Bonchev–Trinajstić information content (AvgIpc) is 3.06. The fraction of sp³-hybridized carbons (Fsp3) is 0.258. The number of rotatable bonds is 8. The fourth-order valence-electron chi connectivity index (χ4n) is 5.18. The second kappa shape index (κ2) is 12.3. The number of hydrogen-bond acceptors (Lipinski definition) is 10. The highest BCUT2D eigenvalue weighted by atomic mass is 19.1. The van der Waals surface area contributed by atoms with E-state index in [9.17, 15) is 9.59 Å². The van der Waals surface area contributed by atoms with Gasteiger partial charge >= 0.3 is 0 Å². The largest absolute Gasteiger partial charge is 0.493 e. The van der Waals surface area contributed by atoms with Crippen molar-refractivity contribution in [3.05, 3.63) is 76.3 Å². The minimum absolute atomic E-state index is 0.0258. The molecule has 2 N–H and O–H groups in total. The maximum atomic E-state index is 15.2. The lowest BCUT2D eigenvalue weighted by atomic mass is 10.1. The third-order valence-electron chi connectivity index (χ3n) is 7.49. The Bertz CT molecular complexity index is 2000. The molecule has 1 saturated heterocycles. The molecular weight excluding hydrogens is 588 g/mol. The molecule has 0 aliphatic carbocycles. The highest BCUT2D eigenvalue weighted by Gasteiger charge is 2.22. The van der Waals surface area contributed by atoms with E-state index in [4.69, 9.17) is 14.2 Å². The van der Waals surface area contributed by atoms with E-state index in [1.54, 1.807) is 16.7 Å². The van der Waals surface area contributed by atoms with Crippen molar-refractivity contribution in [3.63, 3.8) is 0 Å². The normalized spacial score (nSPS) is 13.2. The standard InChI is InChI=1S/C31H29F2N7O5/c1-4-39-15-20(27(41)19-12-22(33)29(38-28(19)39)40-9-7-34-8-10-40)30(42)37-17-5-6-24(21(32)11-17)45-31-18-13-25(43-2)26(44-3)14-23(18)35-16-36-31/h5-6,11-16,34H,4,7-10H2,1-3H3,(H,37,42). The number of pyridine rings is 2. The molecular formula is C31H29F2N7O5. The molecule has 0 radical (unpaired) electrons. The molecule has 45 heavy (non-hydrogen) atoms. The van der Waals surface area contributed by atoms with Gasteiger partial charge in [0.15, 0.2) is 34.7 Å². The Balaban J connectivity index is 1.27. The first-order chi connectivity index (χ1) is 21.8. The maximum Gasteiger partial charge on any atom is 0.261 e. The van der Waals surface area contributed by atoms with E-state index < -0.39 is 23.0 Å².